The summed E-state index contributed by atoms with van der Waals surface area (Å²) in [5.41, 5.74) is 2.33. The quantitative estimate of drug-likeness (QED) is 0.848. The lowest BCUT2D eigenvalue weighted by molar-refractivity contribution is -0.118. The van der Waals surface area contributed by atoms with Crippen LogP contribution in [0.25, 0.3) is 0 Å². The van der Waals surface area contributed by atoms with E-state index in [4.69, 9.17) is 9.47 Å². The number of carbonyl (C=O) groups is 1. The van der Waals surface area contributed by atoms with E-state index in [2.05, 4.69) is 22.0 Å². The van der Waals surface area contributed by atoms with Crippen molar-refractivity contribution in [3.63, 3.8) is 0 Å². The van der Waals surface area contributed by atoms with Gasteiger partial charge in [-0.2, -0.15) is 0 Å². The van der Waals surface area contributed by atoms with Crippen molar-refractivity contribution in [3.8, 4) is 5.75 Å². The van der Waals surface area contributed by atoms with Gasteiger partial charge in [-0.25, -0.2) is 0 Å². The largest absolute Gasteiger partial charge is 0.493 e. The van der Waals surface area contributed by atoms with Crippen LogP contribution in [0, 0.1) is 5.92 Å². The normalized spacial score (nSPS) is 22.4. The zero-order valence-electron chi connectivity index (χ0n) is 11.5. The molecule has 2 aliphatic rings. The number of rotatable bonds is 3. The maximum atomic E-state index is 11.7. The first kappa shape index (κ1) is 14.1. The molecule has 1 heterocycles. The van der Waals surface area contributed by atoms with E-state index in [1.54, 1.807) is 0 Å². The Kier molecular flexibility index (Phi) is 4.41. The third-order valence-corrected chi connectivity index (χ3v) is 4.50. The first-order valence-electron chi connectivity index (χ1n) is 7.26. The molecule has 1 atom stereocenters. The number of halogens is 1. The molecule has 0 spiro atoms. The van der Waals surface area contributed by atoms with Gasteiger partial charge in [0, 0.05) is 35.4 Å². The fourth-order valence-electron chi connectivity index (χ4n) is 2.92. The van der Waals surface area contributed by atoms with Crippen LogP contribution in [0.3, 0.4) is 0 Å². The molecule has 4 heteroatoms. The molecule has 0 saturated carbocycles. The van der Waals surface area contributed by atoms with Gasteiger partial charge in [0.15, 0.2) is 0 Å². The van der Waals surface area contributed by atoms with Gasteiger partial charge in [0.05, 0.1) is 13.2 Å². The van der Waals surface area contributed by atoms with E-state index in [0.717, 1.165) is 48.3 Å². The second-order valence-corrected chi connectivity index (χ2v) is 6.57. The van der Waals surface area contributed by atoms with Gasteiger partial charge in [0.25, 0.3) is 0 Å². The van der Waals surface area contributed by atoms with Crippen LogP contribution in [0.1, 0.15) is 30.4 Å². The number of aryl methyl sites for hydroxylation is 1. The van der Waals surface area contributed by atoms with Crippen molar-refractivity contribution >= 4 is 21.7 Å². The van der Waals surface area contributed by atoms with Gasteiger partial charge < -0.3 is 9.47 Å². The number of ether oxygens (including phenoxy) is 2. The summed E-state index contributed by atoms with van der Waals surface area (Å²) in [5, 5.41) is 0. The van der Waals surface area contributed by atoms with Crippen molar-refractivity contribution in [2.45, 2.75) is 32.1 Å². The summed E-state index contributed by atoms with van der Waals surface area (Å²) in [6.45, 7) is 2.34. The van der Waals surface area contributed by atoms with Gasteiger partial charge in [-0.15, -0.1) is 0 Å². The molecule has 0 aromatic heterocycles. The average molecular weight is 339 g/mol. The molecular formula is C16H19BrO3. The molecular weight excluding hydrogens is 320 g/mol. The molecule has 1 aliphatic heterocycles. The average Bonchev–Trinajstić information content (AvgIpc) is 2.46. The molecule has 1 saturated heterocycles. The number of fused-ring (bicyclic) bond motifs is 1. The summed E-state index contributed by atoms with van der Waals surface area (Å²) >= 11 is 3.53. The number of ketones is 1. The highest BCUT2D eigenvalue weighted by molar-refractivity contribution is 9.10. The van der Waals surface area contributed by atoms with E-state index in [1.165, 1.54) is 5.56 Å². The summed E-state index contributed by atoms with van der Waals surface area (Å²) in [7, 11) is 0. The minimum atomic E-state index is 0.311. The highest BCUT2D eigenvalue weighted by Gasteiger charge is 2.21. The summed E-state index contributed by atoms with van der Waals surface area (Å²) in [4.78, 5) is 11.7. The maximum Gasteiger partial charge on any atom is 0.137 e. The Hall–Kier alpha value is -0.870. The summed E-state index contributed by atoms with van der Waals surface area (Å²) in [6.07, 6.45) is 4.27. The molecule has 1 fully saturated rings. The van der Waals surface area contributed by atoms with Crippen molar-refractivity contribution in [3.05, 3.63) is 27.7 Å². The van der Waals surface area contributed by atoms with Gasteiger partial charge >= 0.3 is 0 Å². The standard InChI is InChI=1S/C16H19BrO3/c17-13-6-12-3-4-14(18)8-15(12)16(7-13)20-10-11-2-1-5-19-9-11/h6-7,11H,1-5,8-10H2. The summed E-state index contributed by atoms with van der Waals surface area (Å²) in [6, 6.07) is 4.10. The van der Waals surface area contributed by atoms with Crippen LogP contribution in [0.4, 0.5) is 0 Å². The molecule has 0 bridgehead atoms. The molecule has 3 nitrogen and oxygen atoms in total. The van der Waals surface area contributed by atoms with E-state index in [1.807, 2.05) is 6.07 Å². The van der Waals surface area contributed by atoms with Crippen molar-refractivity contribution in [1.82, 2.24) is 0 Å². The number of carbonyl (C=O) groups excluding carboxylic acids is 1. The Morgan fingerprint density at radius 2 is 2.25 bits per heavy atom. The van der Waals surface area contributed by atoms with E-state index in [-0.39, 0.29) is 0 Å². The second kappa shape index (κ2) is 6.27. The van der Waals surface area contributed by atoms with Crippen molar-refractivity contribution in [1.29, 1.82) is 0 Å². The van der Waals surface area contributed by atoms with Crippen LogP contribution in [0.15, 0.2) is 16.6 Å². The molecule has 20 heavy (non-hydrogen) atoms. The van der Waals surface area contributed by atoms with Crippen molar-refractivity contribution < 1.29 is 14.3 Å². The molecule has 1 aromatic carbocycles. The molecule has 1 unspecified atom stereocenters. The Morgan fingerprint density at radius 1 is 1.35 bits per heavy atom. The first-order chi connectivity index (χ1) is 9.72. The predicted octanol–water partition coefficient (Wildman–Crippen LogP) is 3.31. The molecule has 1 aromatic rings. The summed E-state index contributed by atoms with van der Waals surface area (Å²) in [5.74, 6) is 1.65. The Morgan fingerprint density at radius 3 is 3.05 bits per heavy atom. The highest BCUT2D eigenvalue weighted by Crippen LogP contribution is 2.32. The molecule has 108 valence electrons. The number of hydrogen-bond acceptors (Lipinski definition) is 3. The van der Waals surface area contributed by atoms with Crippen molar-refractivity contribution in [2.24, 2.45) is 5.92 Å². The van der Waals surface area contributed by atoms with Crippen LogP contribution >= 0.6 is 15.9 Å². The van der Waals surface area contributed by atoms with Crippen LogP contribution in [-0.4, -0.2) is 25.6 Å². The summed E-state index contributed by atoms with van der Waals surface area (Å²) < 4.78 is 12.5. The minimum absolute atomic E-state index is 0.311. The third kappa shape index (κ3) is 3.23. The van der Waals surface area contributed by atoms with E-state index < -0.39 is 0 Å². The lowest BCUT2D eigenvalue weighted by Crippen LogP contribution is -2.24. The highest BCUT2D eigenvalue weighted by atomic mass is 79.9. The zero-order valence-corrected chi connectivity index (χ0v) is 13.1. The molecule has 1 aliphatic carbocycles. The first-order valence-corrected chi connectivity index (χ1v) is 8.05. The number of benzene rings is 1. The Bertz CT molecular complexity index is 507. The van der Waals surface area contributed by atoms with Gasteiger partial charge in [0.2, 0.25) is 0 Å². The van der Waals surface area contributed by atoms with E-state index in [0.29, 0.717) is 31.1 Å². The maximum absolute atomic E-state index is 11.7. The SMILES string of the molecule is O=C1CCc2cc(Br)cc(OCC3CCCOC3)c2C1. The van der Waals surface area contributed by atoms with Gasteiger partial charge in [0.1, 0.15) is 11.5 Å². The second-order valence-electron chi connectivity index (χ2n) is 5.65. The number of Topliss-reactive ketones (excluding diaryl/α,β-unsaturated/α-hetero) is 1. The lowest BCUT2D eigenvalue weighted by Gasteiger charge is -2.24. The Labute approximate surface area is 127 Å². The van der Waals surface area contributed by atoms with Gasteiger partial charge in [-0.05, 0) is 37.0 Å². The molecule has 3 rings (SSSR count). The molecule has 0 amide bonds. The topological polar surface area (TPSA) is 35.5 Å². The van der Waals surface area contributed by atoms with Gasteiger partial charge in [-0.3, -0.25) is 4.79 Å². The monoisotopic (exact) mass is 338 g/mol. The van der Waals surface area contributed by atoms with Crippen molar-refractivity contribution in [2.75, 3.05) is 19.8 Å². The van der Waals surface area contributed by atoms with Crippen LogP contribution in [-0.2, 0) is 22.4 Å². The third-order valence-electron chi connectivity index (χ3n) is 4.04. The fourth-order valence-corrected chi connectivity index (χ4v) is 3.41. The lowest BCUT2D eigenvalue weighted by atomic mass is 9.90. The van der Waals surface area contributed by atoms with Crippen LogP contribution in [0.2, 0.25) is 0 Å². The predicted molar refractivity (Wildman–Crippen MR) is 80.2 cm³/mol. The smallest absolute Gasteiger partial charge is 0.137 e. The zero-order chi connectivity index (χ0) is 13.9. The minimum Gasteiger partial charge on any atom is -0.493 e. The van der Waals surface area contributed by atoms with E-state index in [9.17, 15) is 4.79 Å². The molecule has 0 N–H and O–H groups in total. The van der Waals surface area contributed by atoms with E-state index >= 15 is 0 Å². The molecule has 0 radical (unpaired) electrons. The van der Waals surface area contributed by atoms with Gasteiger partial charge in [-0.1, -0.05) is 15.9 Å². The van der Waals surface area contributed by atoms with Crippen LogP contribution in [0.5, 0.6) is 5.75 Å². The fraction of sp³-hybridized carbons (Fsp3) is 0.562. The Balaban J connectivity index is 1.74. The van der Waals surface area contributed by atoms with Crippen LogP contribution < -0.4 is 4.74 Å². The number of hydrogen-bond donors (Lipinski definition) is 0.